The molecule has 0 spiro atoms. The van der Waals surface area contributed by atoms with Gasteiger partial charge in [0.2, 0.25) is 0 Å². The number of nitrogens with zero attached hydrogens (tertiary/aromatic N) is 1. The fraction of sp³-hybridized carbons (Fsp3) is 0.308. The average Bonchev–Trinajstić information content (AvgIpc) is 2.76. The first kappa shape index (κ1) is 17.5. The van der Waals surface area contributed by atoms with Gasteiger partial charge in [0, 0.05) is 16.4 Å². The molecule has 0 bridgehead atoms. The van der Waals surface area contributed by atoms with Crippen molar-refractivity contribution in [2.45, 2.75) is 19.0 Å². The number of alkyl halides is 3. The molecule has 0 saturated carbocycles. The Morgan fingerprint density at radius 3 is 2.39 bits per heavy atom. The Kier molecular flexibility index (Phi) is 5.12. The van der Waals surface area contributed by atoms with Gasteiger partial charge >= 0.3 is 12.1 Å². The van der Waals surface area contributed by atoms with E-state index in [2.05, 4.69) is 9.57 Å². The number of carbonyl (C=O) groups excluding carboxylic acids is 3. The smallest absolute Gasteiger partial charge is 0.422 e. The van der Waals surface area contributed by atoms with Gasteiger partial charge in [-0.05, 0) is 40.8 Å². The summed E-state index contributed by atoms with van der Waals surface area (Å²) in [4.78, 5) is 39.5. The molecule has 10 heteroatoms. The van der Waals surface area contributed by atoms with E-state index in [1.54, 1.807) is 0 Å². The van der Waals surface area contributed by atoms with Crippen LogP contribution >= 0.6 is 22.6 Å². The third-order valence-electron chi connectivity index (χ3n) is 2.73. The summed E-state index contributed by atoms with van der Waals surface area (Å²) >= 11 is 1.83. The lowest BCUT2D eigenvalue weighted by Crippen LogP contribution is -2.32. The Balaban J connectivity index is 2.19. The fourth-order valence-electron chi connectivity index (χ4n) is 1.73. The Bertz CT molecular complexity index is 646. The van der Waals surface area contributed by atoms with Gasteiger partial charge in [-0.15, -0.1) is 5.06 Å². The van der Waals surface area contributed by atoms with E-state index >= 15 is 0 Å². The van der Waals surface area contributed by atoms with Gasteiger partial charge in [-0.2, -0.15) is 13.2 Å². The summed E-state index contributed by atoms with van der Waals surface area (Å²) in [6, 6.07) is 3.86. The normalized spacial score (nSPS) is 15.0. The highest BCUT2D eigenvalue weighted by Gasteiger charge is 2.34. The summed E-state index contributed by atoms with van der Waals surface area (Å²) in [5.41, 5.74) is -0.317. The quantitative estimate of drug-likeness (QED) is 0.529. The molecule has 1 aliphatic heterocycles. The van der Waals surface area contributed by atoms with Crippen molar-refractivity contribution < 1.29 is 37.1 Å². The van der Waals surface area contributed by atoms with Crippen LogP contribution in [0.4, 0.5) is 13.2 Å². The maximum absolute atomic E-state index is 12.3. The van der Waals surface area contributed by atoms with Gasteiger partial charge in [0.05, 0.1) is 0 Å². The molecule has 6 nitrogen and oxygen atoms in total. The number of ether oxygens (including phenoxy) is 1. The fourth-order valence-corrected chi connectivity index (χ4v) is 2.20. The summed E-state index contributed by atoms with van der Waals surface area (Å²) in [6.07, 6.45) is -4.75. The number of imide groups is 1. The van der Waals surface area contributed by atoms with Gasteiger partial charge in [0.15, 0.2) is 6.61 Å². The van der Waals surface area contributed by atoms with Crippen molar-refractivity contribution in [1.82, 2.24) is 5.06 Å². The highest BCUT2D eigenvalue weighted by atomic mass is 127. The number of amides is 2. The summed E-state index contributed by atoms with van der Waals surface area (Å²) in [5, 5.41) is 0.313. The van der Waals surface area contributed by atoms with Gasteiger partial charge in [-0.1, -0.05) is 0 Å². The molecule has 23 heavy (non-hydrogen) atoms. The molecular formula is C13H9F3INO5. The van der Waals surface area contributed by atoms with E-state index in [9.17, 15) is 27.6 Å². The second-order valence-corrected chi connectivity index (χ2v) is 5.75. The van der Waals surface area contributed by atoms with Gasteiger partial charge in [-0.3, -0.25) is 9.59 Å². The number of benzene rings is 1. The van der Waals surface area contributed by atoms with Crippen molar-refractivity contribution in [2.75, 3.05) is 6.61 Å². The van der Waals surface area contributed by atoms with E-state index in [0.29, 0.717) is 8.63 Å². The predicted molar refractivity (Wildman–Crippen MR) is 77.2 cm³/mol. The van der Waals surface area contributed by atoms with E-state index in [4.69, 9.17) is 0 Å². The van der Waals surface area contributed by atoms with Crippen LogP contribution in [0.3, 0.4) is 0 Å². The lowest BCUT2D eigenvalue weighted by molar-refractivity contribution is -0.172. The minimum atomic E-state index is -4.58. The molecule has 2 rings (SSSR count). The summed E-state index contributed by atoms with van der Waals surface area (Å²) in [5.74, 6) is -2.88. The summed E-state index contributed by atoms with van der Waals surface area (Å²) in [6.45, 7) is -1.59. The molecule has 1 aromatic carbocycles. The van der Waals surface area contributed by atoms with E-state index in [-0.39, 0.29) is 24.2 Å². The minimum Gasteiger partial charge on any atom is -0.483 e. The van der Waals surface area contributed by atoms with Gasteiger partial charge in [0.1, 0.15) is 11.3 Å². The number of rotatable bonds is 4. The number of hydrogen-bond acceptors (Lipinski definition) is 5. The van der Waals surface area contributed by atoms with Crippen molar-refractivity contribution in [3.05, 3.63) is 27.3 Å². The second kappa shape index (κ2) is 6.72. The van der Waals surface area contributed by atoms with Gasteiger partial charge < -0.3 is 9.57 Å². The van der Waals surface area contributed by atoms with Crippen LogP contribution < -0.4 is 4.74 Å². The highest BCUT2D eigenvalue weighted by molar-refractivity contribution is 14.1. The van der Waals surface area contributed by atoms with E-state index in [1.165, 1.54) is 18.2 Å². The molecule has 124 valence electrons. The van der Waals surface area contributed by atoms with Crippen LogP contribution in [-0.4, -0.2) is 35.6 Å². The Morgan fingerprint density at radius 2 is 1.83 bits per heavy atom. The molecular weight excluding hydrogens is 434 g/mol. The number of carbonyl (C=O) groups is 3. The third kappa shape index (κ3) is 4.56. The van der Waals surface area contributed by atoms with Crippen LogP contribution in [0.25, 0.3) is 0 Å². The van der Waals surface area contributed by atoms with Crippen molar-refractivity contribution in [2.24, 2.45) is 0 Å². The van der Waals surface area contributed by atoms with E-state index < -0.39 is 30.6 Å². The Labute approximate surface area is 141 Å². The molecule has 0 aromatic heterocycles. The number of hydroxylamine groups is 2. The number of halogens is 4. The zero-order valence-electron chi connectivity index (χ0n) is 11.4. The second-order valence-electron chi connectivity index (χ2n) is 4.50. The Hall–Kier alpha value is -1.85. The van der Waals surface area contributed by atoms with Gasteiger partial charge in [0.25, 0.3) is 11.8 Å². The molecule has 0 N–H and O–H groups in total. The maximum Gasteiger partial charge on any atom is 0.422 e. The molecule has 1 aliphatic rings. The van der Waals surface area contributed by atoms with Crippen molar-refractivity contribution >= 4 is 40.4 Å². The van der Waals surface area contributed by atoms with Crippen LogP contribution in [0, 0.1) is 3.57 Å². The van der Waals surface area contributed by atoms with Crippen LogP contribution in [0.5, 0.6) is 5.75 Å². The van der Waals surface area contributed by atoms with E-state index in [0.717, 1.165) is 0 Å². The van der Waals surface area contributed by atoms with Crippen LogP contribution in [0.2, 0.25) is 0 Å². The minimum absolute atomic E-state index is 0.0871. The lowest BCUT2D eigenvalue weighted by Gasteiger charge is -2.15. The van der Waals surface area contributed by atoms with Crippen molar-refractivity contribution in [3.63, 3.8) is 0 Å². The van der Waals surface area contributed by atoms with Crippen molar-refractivity contribution in [1.29, 1.82) is 0 Å². The standard InChI is InChI=1S/C13H9F3INO5/c14-13(15,16)6-22-9-5-7(17)1-2-8(9)12(21)23-18-10(19)3-4-11(18)20/h1-2,5H,3-4,6H2. The molecule has 1 fully saturated rings. The number of hydrogen-bond donors (Lipinski definition) is 0. The third-order valence-corrected chi connectivity index (χ3v) is 3.41. The molecule has 1 aromatic rings. The van der Waals surface area contributed by atoms with Crippen LogP contribution in [0.1, 0.15) is 23.2 Å². The molecule has 2 amide bonds. The molecule has 0 radical (unpaired) electrons. The van der Waals surface area contributed by atoms with E-state index in [1.807, 2.05) is 22.6 Å². The average molecular weight is 443 g/mol. The SMILES string of the molecule is O=C(ON1C(=O)CCC1=O)c1ccc(I)cc1OCC(F)(F)F. The predicted octanol–water partition coefficient (Wildman–Crippen LogP) is 2.45. The molecule has 1 saturated heterocycles. The first-order chi connectivity index (χ1) is 10.7. The largest absolute Gasteiger partial charge is 0.483 e. The van der Waals surface area contributed by atoms with Crippen molar-refractivity contribution in [3.8, 4) is 5.75 Å². The van der Waals surface area contributed by atoms with Gasteiger partial charge in [-0.25, -0.2) is 4.79 Å². The first-order valence-corrected chi connectivity index (χ1v) is 7.32. The zero-order valence-corrected chi connectivity index (χ0v) is 13.5. The Morgan fingerprint density at radius 1 is 1.22 bits per heavy atom. The van der Waals surface area contributed by atoms with Crippen LogP contribution in [-0.2, 0) is 14.4 Å². The highest BCUT2D eigenvalue weighted by Crippen LogP contribution is 2.26. The molecule has 0 unspecified atom stereocenters. The zero-order chi connectivity index (χ0) is 17.2. The maximum atomic E-state index is 12.3. The van der Waals surface area contributed by atoms with Crippen LogP contribution in [0.15, 0.2) is 18.2 Å². The summed E-state index contributed by atoms with van der Waals surface area (Å²) < 4.78 is 41.9. The summed E-state index contributed by atoms with van der Waals surface area (Å²) in [7, 11) is 0. The molecule has 0 atom stereocenters. The molecule has 1 heterocycles. The monoisotopic (exact) mass is 443 g/mol. The molecule has 0 aliphatic carbocycles. The topological polar surface area (TPSA) is 72.9 Å². The lowest BCUT2D eigenvalue weighted by atomic mass is 10.2. The first-order valence-electron chi connectivity index (χ1n) is 6.24.